The number of likely N-dealkylation sites (N-methyl/N-ethyl adjacent to an activating group) is 1. The van der Waals surface area contributed by atoms with Crippen LogP contribution in [0.5, 0.6) is 28.7 Å². The van der Waals surface area contributed by atoms with Crippen LogP contribution < -0.4 is 29.2 Å². The Balaban J connectivity index is 1.65. The molecule has 0 saturated carbocycles. The largest absolute Gasteiger partial charge is 0.493 e. The molecule has 0 radical (unpaired) electrons. The predicted octanol–water partition coefficient (Wildman–Crippen LogP) is 4.26. The van der Waals surface area contributed by atoms with Gasteiger partial charge in [0.05, 0.1) is 33.6 Å². The number of anilines is 1. The van der Waals surface area contributed by atoms with Gasteiger partial charge in [-0.1, -0.05) is 30.3 Å². The van der Waals surface area contributed by atoms with Gasteiger partial charge in [0, 0.05) is 13.6 Å². The quantitative estimate of drug-likeness (QED) is 0.512. The van der Waals surface area contributed by atoms with Gasteiger partial charge in [-0.3, -0.25) is 4.79 Å². The fraction of sp³-hybridized carbons (Fsp3) is 0.240. The van der Waals surface area contributed by atoms with Crippen molar-refractivity contribution >= 4 is 11.6 Å². The maximum Gasteiger partial charge on any atom is 0.239 e. The van der Waals surface area contributed by atoms with E-state index in [4.69, 9.17) is 18.9 Å². The van der Waals surface area contributed by atoms with Crippen LogP contribution in [-0.4, -0.2) is 40.8 Å². The molecule has 3 aromatic rings. The van der Waals surface area contributed by atoms with Gasteiger partial charge in [0.1, 0.15) is 5.75 Å². The number of benzene rings is 3. The van der Waals surface area contributed by atoms with Crippen LogP contribution in [0.15, 0.2) is 66.7 Å². The normalized spacial score (nSPS) is 10.2. The first-order valence-electron chi connectivity index (χ1n) is 10.1. The number of rotatable bonds is 10. The Labute approximate surface area is 188 Å². The molecule has 0 heterocycles. The molecular formula is C25H28N2O5. The summed E-state index contributed by atoms with van der Waals surface area (Å²) in [6.45, 7) is 0.491. The lowest BCUT2D eigenvalue weighted by Crippen LogP contribution is -2.34. The van der Waals surface area contributed by atoms with Crippen LogP contribution in [0.4, 0.5) is 5.69 Å². The van der Waals surface area contributed by atoms with Crippen LogP contribution in [0.25, 0.3) is 0 Å². The lowest BCUT2D eigenvalue weighted by Gasteiger charge is -2.22. The topological polar surface area (TPSA) is 69.3 Å². The highest BCUT2D eigenvalue weighted by atomic mass is 16.5. The summed E-state index contributed by atoms with van der Waals surface area (Å²) in [5.74, 6) is 2.88. The molecule has 3 aromatic carbocycles. The van der Waals surface area contributed by atoms with E-state index in [-0.39, 0.29) is 12.5 Å². The van der Waals surface area contributed by atoms with Crippen LogP contribution in [0, 0.1) is 0 Å². The van der Waals surface area contributed by atoms with Crippen molar-refractivity contribution in [3.8, 4) is 28.7 Å². The summed E-state index contributed by atoms with van der Waals surface area (Å²) in [7, 11) is 6.52. The van der Waals surface area contributed by atoms with E-state index < -0.39 is 0 Å². The molecule has 0 saturated heterocycles. The first kappa shape index (κ1) is 22.8. The van der Waals surface area contributed by atoms with E-state index in [1.54, 1.807) is 21.3 Å². The average Bonchev–Trinajstić information content (AvgIpc) is 2.82. The number of hydrogen-bond acceptors (Lipinski definition) is 6. The van der Waals surface area contributed by atoms with Gasteiger partial charge in [-0.05, 0) is 42.0 Å². The Morgan fingerprint density at radius 3 is 2.09 bits per heavy atom. The second-order valence-electron chi connectivity index (χ2n) is 7.05. The van der Waals surface area contributed by atoms with Crippen LogP contribution in [0.2, 0.25) is 0 Å². The number of ether oxygens (including phenoxy) is 4. The number of carbonyl (C=O) groups is 1. The molecule has 1 amide bonds. The summed E-state index contributed by atoms with van der Waals surface area (Å²) in [4.78, 5) is 14.5. The Morgan fingerprint density at radius 2 is 1.47 bits per heavy atom. The van der Waals surface area contributed by atoms with E-state index in [1.807, 2.05) is 78.7 Å². The number of methoxy groups -OCH3 is 3. The summed E-state index contributed by atoms with van der Waals surface area (Å²) in [6, 6.07) is 20.8. The number of nitrogens with zero attached hydrogens (tertiary/aromatic N) is 1. The van der Waals surface area contributed by atoms with Gasteiger partial charge in [0.25, 0.3) is 0 Å². The zero-order valence-electron chi connectivity index (χ0n) is 18.8. The summed E-state index contributed by atoms with van der Waals surface area (Å²) >= 11 is 0. The maximum atomic E-state index is 12.6. The van der Waals surface area contributed by atoms with Gasteiger partial charge < -0.3 is 29.2 Å². The van der Waals surface area contributed by atoms with Crippen LogP contribution in [-0.2, 0) is 11.3 Å². The molecule has 32 heavy (non-hydrogen) atoms. The monoisotopic (exact) mass is 436 g/mol. The minimum atomic E-state index is -0.129. The Morgan fingerprint density at radius 1 is 0.844 bits per heavy atom. The molecular weight excluding hydrogens is 408 g/mol. The van der Waals surface area contributed by atoms with Crippen molar-refractivity contribution in [3.63, 3.8) is 0 Å². The summed E-state index contributed by atoms with van der Waals surface area (Å²) in [5, 5.41) is 2.94. The summed E-state index contributed by atoms with van der Waals surface area (Å²) in [6.07, 6.45) is 0. The molecule has 7 heteroatoms. The molecule has 0 bridgehead atoms. The highest BCUT2D eigenvalue weighted by Gasteiger charge is 2.15. The van der Waals surface area contributed by atoms with E-state index in [0.717, 1.165) is 17.0 Å². The van der Waals surface area contributed by atoms with Crippen molar-refractivity contribution < 1.29 is 23.7 Å². The minimum absolute atomic E-state index is 0.129. The highest BCUT2D eigenvalue weighted by molar-refractivity contribution is 5.82. The lowest BCUT2D eigenvalue weighted by molar-refractivity contribution is -0.119. The standard InChI is InChI=1S/C25H28N2O5/c1-27(20-12-8-9-13-21(20)32-19-10-6-5-7-11-19)17-24(28)26-16-18-14-22(29-2)25(31-4)23(15-18)30-3/h5-15H,16-17H2,1-4H3,(H,26,28). The number of hydrogen-bond donors (Lipinski definition) is 1. The van der Waals surface area contributed by atoms with Crippen molar-refractivity contribution in [3.05, 3.63) is 72.3 Å². The van der Waals surface area contributed by atoms with Gasteiger partial charge in [-0.15, -0.1) is 0 Å². The number of para-hydroxylation sites is 3. The first-order chi connectivity index (χ1) is 15.5. The Kier molecular flexibility index (Phi) is 7.80. The summed E-state index contributed by atoms with van der Waals surface area (Å²) in [5.41, 5.74) is 1.66. The van der Waals surface area contributed by atoms with E-state index in [1.165, 1.54) is 0 Å². The van der Waals surface area contributed by atoms with E-state index >= 15 is 0 Å². The third kappa shape index (κ3) is 5.63. The SMILES string of the molecule is COc1cc(CNC(=O)CN(C)c2ccccc2Oc2ccccc2)cc(OC)c1OC. The smallest absolute Gasteiger partial charge is 0.239 e. The van der Waals surface area contributed by atoms with Crippen molar-refractivity contribution in [1.29, 1.82) is 0 Å². The van der Waals surface area contributed by atoms with Gasteiger partial charge in [0.2, 0.25) is 11.7 Å². The zero-order valence-corrected chi connectivity index (χ0v) is 18.8. The van der Waals surface area contributed by atoms with Gasteiger partial charge in [-0.25, -0.2) is 0 Å². The van der Waals surface area contributed by atoms with Crippen LogP contribution in [0.1, 0.15) is 5.56 Å². The second kappa shape index (κ2) is 10.9. The molecule has 0 aromatic heterocycles. The third-order valence-electron chi connectivity index (χ3n) is 4.84. The maximum absolute atomic E-state index is 12.6. The van der Waals surface area contributed by atoms with E-state index in [0.29, 0.717) is 29.5 Å². The molecule has 0 unspecified atom stereocenters. The zero-order chi connectivity index (χ0) is 22.9. The van der Waals surface area contributed by atoms with Crippen LogP contribution >= 0.6 is 0 Å². The Hall–Kier alpha value is -3.87. The highest BCUT2D eigenvalue weighted by Crippen LogP contribution is 2.38. The lowest BCUT2D eigenvalue weighted by atomic mass is 10.1. The van der Waals surface area contributed by atoms with Crippen molar-refractivity contribution in [2.45, 2.75) is 6.54 Å². The predicted molar refractivity (Wildman–Crippen MR) is 124 cm³/mol. The molecule has 168 valence electrons. The second-order valence-corrected chi connectivity index (χ2v) is 7.05. The fourth-order valence-electron chi connectivity index (χ4n) is 3.27. The van der Waals surface area contributed by atoms with Gasteiger partial charge in [-0.2, -0.15) is 0 Å². The Bertz CT molecular complexity index is 1010. The molecule has 0 fully saturated rings. The molecule has 0 aliphatic carbocycles. The molecule has 3 rings (SSSR count). The van der Waals surface area contributed by atoms with E-state index in [9.17, 15) is 4.79 Å². The summed E-state index contributed by atoms with van der Waals surface area (Å²) < 4.78 is 22.1. The molecule has 0 aliphatic heterocycles. The van der Waals surface area contributed by atoms with Crippen molar-refractivity contribution in [2.75, 3.05) is 39.8 Å². The number of amides is 1. The first-order valence-corrected chi connectivity index (χ1v) is 10.1. The van der Waals surface area contributed by atoms with Crippen LogP contribution in [0.3, 0.4) is 0 Å². The fourth-order valence-corrected chi connectivity index (χ4v) is 3.27. The average molecular weight is 437 g/mol. The molecule has 0 spiro atoms. The molecule has 7 nitrogen and oxygen atoms in total. The molecule has 0 atom stereocenters. The van der Waals surface area contributed by atoms with Crippen molar-refractivity contribution in [2.24, 2.45) is 0 Å². The van der Waals surface area contributed by atoms with Gasteiger partial charge in [0.15, 0.2) is 17.2 Å². The van der Waals surface area contributed by atoms with Gasteiger partial charge >= 0.3 is 0 Å². The molecule has 1 N–H and O–H groups in total. The van der Waals surface area contributed by atoms with E-state index in [2.05, 4.69) is 5.32 Å². The number of carbonyl (C=O) groups excluding carboxylic acids is 1. The third-order valence-corrected chi connectivity index (χ3v) is 4.84. The number of nitrogens with one attached hydrogen (secondary N) is 1. The minimum Gasteiger partial charge on any atom is -0.493 e. The van der Waals surface area contributed by atoms with Crippen molar-refractivity contribution in [1.82, 2.24) is 5.32 Å². The molecule has 0 aliphatic rings.